The first-order chi connectivity index (χ1) is 9.55. The number of rotatable bonds is 3. The molecule has 0 radical (unpaired) electrons. The first kappa shape index (κ1) is 16.6. The summed E-state index contributed by atoms with van der Waals surface area (Å²) >= 11 is 6.47. The maximum Gasteiger partial charge on any atom is 0.300 e. The number of thiophene rings is 1. The van der Waals surface area contributed by atoms with E-state index >= 15 is 0 Å². The van der Waals surface area contributed by atoms with Crippen LogP contribution in [0.25, 0.3) is 0 Å². The predicted octanol–water partition coefficient (Wildman–Crippen LogP) is 2.02. The standard InChI is InChI=1S/C11H16ClN3O4S2/c1-11(2)7-14(5-4-13(11)3)21(18,19)9-6-8(15(16)17)10(12)20-9/h6H,4-5,7H2,1-3H3. The number of sulfonamides is 1. The molecule has 10 heteroatoms. The van der Waals surface area contributed by atoms with Crippen molar-refractivity contribution >= 4 is 38.6 Å². The van der Waals surface area contributed by atoms with Crippen LogP contribution in [0.5, 0.6) is 0 Å². The lowest BCUT2D eigenvalue weighted by Gasteiger charge is -2.44. The van der Waals surface area contributed by atoms with Gasteiger partial charge in [0.05, 0.1) is 4.92 Å². The number of halogens is 1. The molecular weight excluding hydrogens is 338 g/mol. The lowest BCUT2D eigenvalue weighted by atomic mass is 10.0. The molecule has 1 aliphatic heterocycles. The predicted molar refractivity (Wildman–Crippen MR) is 81.5 cm³/mol. The van der Waals surface area contributed by atoms with Gasteiger partial charge in [-0.1, -0.05) is 11.6 Å². The van der Waals surface area contributed by atoms with Crippen LogP contribution in [0.3, 0.4) is 0 Å². The first-order valence-electron chi connectivity index (χ1n) is 6.21. The molecule has 1 aromatic rings. The van der Waals surface area contributed by atoms with Crippen molar-refractivity contribution in [3.8, 4) is 0 Å². The van der Waals surface area contributed by atoms with Crippen molar-refractivity contribution in [1.29, 1.82) is 0 Å². The van der Waals surface area contributed by atoms with Crippen LogP contribution in [0.4, 0.5) is 5.69 Å². The molecule has 0 aromatic carbocycles. The fourth-order valence-electron chi connectivity index (χ4n) is 2.12. The number of piperazine rings is 1. The Morgan fingerprint density at radius 2 is 2.05 bits per heavy atom. The first-order valence-corrected chi connectivity index (χ1v) is 8.84. The molecule has 7 nitrogen and oxygen atoms in total. The number of nitro groups is 1. The molecule has 118 valence electrons. The molecule has 0 unspecified atom stereocenters. The van der Waals surface area contributed by atoms with Crippen LogP contribution in [-0.4, -0.2) is 54.8 Å². The molecule has 1 fully saturated rings. The Kier molecular flexibility index (Phi) is 4.33. The van der Waals surface area contributed by atoms with E-state index in [0.717, 1.165) is 17.4 Å². The van der Waals surface area contributed by atoms with Gasteiger partial charge in [-0.3, -0.25) is 15.0 Å². The fraction of sp³-hybridized carbons (Fsp3) is 0.636. The number of hydrogen-bond acceptors (Lipinski definition) is 6. The van der Waals surface area contributed by atoms with Crippen LogP contribution < -0.4 is 0 Å². The van der Waals surface area contributed by atoms with Crippen molar-refractivity contribution in [1.82, 2.24) is 9.21 Å². The van der Waals surface area contributed by atoms with Gasteiger partial charge in [0.1, 0.15) is 4.21 Å². The molecule has 0 saturated carbocycles. The second-order valence-corrected chi connectivity index (χ2v) is 9.37. The zero-order valence-corrected chi connectivity index (χ0v) is 14.3. The summed E-state index contributed by atoms with van der Waals surface area (Å²) in [6.07, 6.45) is 0. The van der Waals surface area contributed by atoms with E-state index < -0.39 is 14.9 Å². The Labute approximate surface area is 132 Å². The van der Waals surface area contributed by atoms with Crippen molar-refractivity contribution in [2.45, 2.75) is 23.6 Å². The number of nitrogens with zero attached hydrogens (tertiary/aromatic N) is 3. The highest BCUT2D eigenvalue weighted by atomic mass is 35.5. The zero-order chi connectivity index (χ0) is 16.0. The largest absolute Gasteiger partial charge is 0.300 e. The minimum absolute atomic E-state index is 0.0837. The van der Waals surface area contributed by atoms with Crippen molar-refractivity contribution in [2.24, 2.45) is 0 Å². The average Bonchev–Trinajstić information content (AvgIpc) is 2.75. The number of likely N-dealkylation sites (N-methyl/N-ethyl adjacent to an activating group) is 1. The quantitative estimate of drug-likeness (QED) is 0.613. The van der Waals surface area contributed by atoms with Crippen LogP contribution in [0.2, 0.25) is 4.34 Å². The van der Waals surface area contributed by atoms with E-state index in [9.17, 15) is 18.5 Å². The highest BCUT2D eigenvalue weighted by Gasteiger charge is 2.38. The molecule has 0 atom stereocenters. The van der Waals surface area contributed by atoms with E-state index in [0.29, 0.717) is 19.6 Å². The van der Waals surface area contributed by atoms with Gasteiger partial charge in [-0.2, -0.15) is 4.31 Å². The second kappa shape index (κ2) is 5.47. The summed E-state index contributed by atoms with van der Waals surface area (Å²) < 4.78 is 26.4. The van der Waals surface area contributed by atoms with Crippen molar-refractivity contribution in [3.63, 3.8) is 0 Å². The Bertz CT molecular complexity index is 671. The lowest BCUT2D eigenvalue weighted by molar-refractivity contribution is -0.384. The van der Waals surface area contributed by atoms with Crippen LogP contribution >= 0.6 is 22.9 Å². The summed E-state index contributed by atoms with van der Waals surface area (Å²) in [6, 6.07) is 1.04. The van der Waals surface area contributed by atoms with Gasteiger partial charge in [-0.25, -0.2) is 8.42 Å². The summed E-state index contributed by atoms with van der Waals surface area (Å²) in [4.78, 5) is 12.2. The Balaban J connectivity index is 2.35. The second-order valence-electron chi connectivity index (χ2n) is 5.55. The van der Waals surface area contributed by atoms with E-state index in [-0.39, 0.29) is 19.8 Å². The fourth-order valence-corrected chi connectivity index (χ4v) is 5.52. The van der Waals surface area contributed by atoms with Crippen LogP contribution in [0.15, 0.2) is 10.3 Å². The SMILES string of the molecule is CN1CCN(S(=O)(=O)c2cc([N+](=O)[O-])c(Cl)s2)CC1(C)C. The molecule has 2 heterocycles. The molecule has 21 heavy (non-hydrogen) atoms. The minimum Gasteiger partial charge on any atom is -0.299 e. The summed E-state index contributed by atoms with van der Waals surface area (Å²) in [5.41, 5.74) is -0.660. The molecule has 0 aliphatic carbocycles. The Morgan fingerprint density at radius 1 is 1.43 bits per heavy atom. The molecule has 0 amide bonds. The molecule has 2 rings (SSSR count). The molecule has 0 N–H and O–H groups in total. The molecule has 0 bridgehead atoms. The Morgan fingerprint density at radius 3 is 2.52 bits per heavy atom. The van der Waals surface area contributed by atoms with E-state index in [4.69, 9.17) is 11.6 Å². The summed E-state index contributed by atoms with van der Waals surface area (Å²) in [6.45, 7) is 5.20. The van der Waals surface area contributed by atoms with Crippen LogP contribution in [0, 0.1) is 10.1 Å². The molecule has 1 aromatic heterocycles. The van der Waals surface area contributed by atoms with Gasteiger partial charge in [0, 0.05) is 31.2 Å². The average molecular weight is 354 g/mol. The zero-order valence-electron chi connectivity index (χ0n) is 11.9. The highest BCUT2D eigenvalue weighted by molar-refractivity contribution is 7.91. The third-order valence-electron chi connectivity index (χ3n) is 3.72. The van der Waals surface area contributed by atoms with Gasteiger partial charge < -0.3 is 0 Å². The van der Waals surface area contributed by atoms with Gasteiger partial charge in [0.25, 0.3) is 15.7 Å². The van der Waals surface area contributed by atoms with Gasteiger partial charge in [-0.05, 0) is 20.9 Å². The molecule has 1 aliphatic rings. The maximum absolute atomic E-state index is 12.6. The normalized spacial score (nSPS) is 20.6. The third kappa shape index (κ3) is 3.07. The Hall–Kier alpha value is -0.740. The topological polar surface area (TPSA) is 83.8 Å². The van der Waals surface area contributed by atoms with Crippen molar-refractivity contribution in [2.75, 3.05) is 26.7 Å². The van der Waals surface area contributed by atoms with Gasteiger partial charge in [-0.15, -0.1) is 11.3 Å². The molecule has 0 spiro atoms. The maximum atomic E-state index is 12.6. The van der Waals surface area contributed by atoms with E-state index in [1.165, 1.54) is 4.31 Å². The van der Waals surface area contributed by atoms with Crippen LogP contribution in [0.1, 0.15) is 13.8 Å². The minimum atomic E-state index is -3.76. The summed E-state index contributed by atoms with van der Waals surface area (Å²) in [5.74, 6) is 0. The smallest absolute Gasteiger partial charge is 0.299 e. The third-order valence-corrected chi connectivity index (χ3v) is 7.35. The lowest BCUT2D eigenvalue weighted by Crippen LogP contribution is -2.58. The van der Waals surface area contributed by atoms with E-state index in [2.05, 4.69) is 4.90 Å². The monoisotopic (exact) mass is 353 g/mol. The summed E-state index contributed by atoms with van der Waals surface area (Å²) in [5, 5.41) is 10.8. The molecular formula is C11H16ClN3O4S2. The van der Waals surface area contributed by atoms with Crippen molar-refractivity contribution in [3.05, 3.63) is 20.5 Å². The van der Waals surface area contributed by atoms with Crippen LogP contribution in [-0.2, 0) is 10.0 Å². The molecule has 1 saturated heterocycles. The van der Waals surface area contributed by atoms with Gasteiger partial charge in [0.15, 0.2) is 4.34 Å². The van der Waals surface area contributed by atoms with Gasteiger partial charge >= 0.3 is 0 Å². The summed E-state index contributed by atoms with van der Waals surface area (Å²) in [7, 11) is -1.81. The van der Waals surface area contributed by atoms with Crippen molar-refractivity contribution < 1.29 is 13.3 Å². The van der Waals surface area contributed by atoms with E-state index in [1.807, 2.05) is 20.9 Å². The number of hydrogen-bond donors (Lipinski definition) is 0. The van der Waals surface area contributed by atoms with E-state index in [1.54, 1.807) is 0 Å². The van der Waals surface area contributed by atoms with Gasteiger partial charge in [0.2, 0.25) is 0 Å². The highest BCUT2D eigenvalue weighted by Crippen LogP contribution is 2.38.